The molecule has 0 aromatic rings. The minimum absolute atomic E-state index is 0.0289. The number of Topliss-reactive ketones (excluding diaryl/α,β-unsaturated/α-hetero) is 1. The third kappa shape index (κ3) is 1.87. The Labute approximate surface area is 66.2 Å². The summed E-state index contributed by atoms with van der Waals surface area (Å²) in [6.07, 6.45) is 1.70. The first-order valence-electron chi connectivity index (χ1n) is 3.87. The van der Waals surface area contributed by atoms with Crippen molar-refractivity contribution in [2.75, 3.05) is 13.2 Å². The standard InChI is InChI=1S/C8H13NO2/c1-6-5-11-3-2-7(6)8(10)4-9/h4,6-7,9H,2-3,5H2,1H3. The van der Waals surface area contributed by atoms with Crippen molar-refractivity contribution in [2.45, 2.75) is 13.3 Å². The smallest absolute Gasteiger partial charge is 0.176 e. The van der Waals surface area contributed by atoms with Gasteiger partial charge in [-0.25, -0.2) is 0 Å². The minimum atomic E-state index is -0.0548. The van der Waals surface area contributed by atoms with E-state index in [4.69, 9.17) is 10.1 Å². The molecule has 1 aliphatic heterocycles. The van der Waals surface area contributed by atoms with Gasteiger partial charge in [0.05, 0.1) is 6.21 Å². The summed E-state index contributed by atoms with van der Waals surface area (Å²) in [6, 6.07) is 0. The molecule has 1 saturated heterocycles. The molecule has 2 atom stereocenters. The quantitative estimate of drug-likeness (QED) is 0.602. The second kappa shape index (κ2) is 3.62. The highest BCUT2D eigenvalue weighted by molar-refractivity contribution is 6.27. The number of nitrogens with one attached hydrogen (secondary N) is 1. The lowest BCUT2D eigenvalue weighted by Gasteiger charge is -2.26. The summed E-state index contributed by atoms with van der Waals surface area (Å²) in [5, 5.41) is 6.82. The lowest BCUT2D eigenvalue weighted by atomic mass is 9.87. The molecule has 0 radical (unpaired) electrons. The maximum Gasteiger partial charge on any atom is 0.176 e. The number of ketones is 1. The van der Waals surface area contributed by atoms with Crippen LogP contribution in [0.1, 0.15) is 13.3 Å². The summed E-state index contributed by atoms with van der Waals surface area (Å²) in [5.41, 5.74) is 0. The highest BCUT2D eigenvalue weighted by atomic mass is 16.5. The maximum absolute atomic E-state index is 11.1. The van der Waals surface area contributed by atoms with Crippen molar-refractivity contribution >= 4 is 12.0 Å². The summed E-state index contributed by atoms with van der Waals surface area (Å²) in [5.74, 6) is 0.250. The van der Waals surface area contributed by atoms with E-state index in [1.54, 1.807) is 0 Å². The first-order chi connectivity index (χ1) is 5.25. The Morgan fingerprint density at radius 3 is 3.00 bits per heavy atom. The van der Waals surface area contributed by atoms with Gasteiger partial charge in [0.25, 0.3) is 0 Å². The Balaban J connectivity index is 2.53. The molecule has 0 amide bonds. The van der Waals surface area contributed by atoms with Gasteiger partial charge in [-0.3, -0.25) is 4.79 Å². The first-order valence-corrected chi connectivity index (χ1v) is 3.87. The molecule has 0 spiro atoms. The van der Waals surface area contributed by atoms with Crippen LogP contribution in [0.25, 0.3) is 0 Å². The summed E-state index contributed by atoms with van der Waals surface area (Å²) in [7, 11) is 0. The molecular formula is C8H13NO2. The molecule has 11 heavy (non-hydrogen) atoms. The minimum Gasteiger partial charge on any atom is -0.381 e. The number of hydrogen-bond donors (Lipinski definition) is 1. The molecule has 1 aliphatic rings. The second-order valence-electron chi connectivity index (χ2n) is 2.99. The molecule has 1 fully saturated rings. The summed E-state index contributed by atoms with van der Waals surface area (Å²) in [4.78, 5) is 11.1. The van der Waals surface area contributed by atoms with E-state index < -0.39 is 0 Å². The zero-order chi connectivity index (χ0) is 8.27. The summed E-state index contributed by atoms with van der Waals surface area (Å²) < 4.78 is 5.18. The van der Waals surface area contributed by atoms with Gasteiger partial charge in [-0.2, -0.15) is 0 Å². The van der Waals surface area contributed by atoms with Crippen LogP contribution in [0.15, 0.2) is 0 Å². The van der Waals surface area contributed by atoms with Crippen LogP contribution in [-0.2, 0) is 9.53 Å². The fourth-order valence-corrected chi connectivity index (χ4v) is 1.41. The van der Waals surface area contributed by atoms with Gasteiger partial charge in [0.1, 0.15) is 0 Å². The number of carbonyl (C=O) groups is 1. The molecule has 0 aliphatic carbocycles. The van der Waals surface area contributed by atoms with Crippen molar-refractivity contribution in [3.05, 3.63) is 0 Å². The largest absolute Gasteiger partial charge is 0.381 e. The number of rotatable bonds is 2. The fourth-order valence-electron chi connectivity index (χ4n) is 1.41. The highest BCUT2D eigenvalue weighted by Crippen LogP contribution is 2.21. The van der Waals surface area contributed by atoms with Gasteiger partial charge in [0.2, 0.25) is 0 Å². The average molecular weight is 155 g/mol. The van der Waals surface area contributed by atoms with Crippen LogP contribution >= 0.6 is 0 Å². The lowest BCUT2D eigenvalue weighted by Crippen LogP contribution is -2.31. The van der Waals surface area contributed by atoms with Crippen LogP contribution in [0, 0.1) is 17.2 Å². The highest BCUT2D eigenvalue weighted by Gasteiger charge is 2.26. The molecule has 0 aromatic carbocycles. The molecule has 0 bridgehead atoms. The molecule has 0 aromatic heterocycles. The summed E-state index contributed by atoms with van der Waals surface area (Å²) in [6.45, 7) is 3.31. The molecule has 3 heteroatoms. The Kier molecular flexibility index (Phi) is 2.76. The topological polar surface area (TPSA) is 50.2 Å². The van der Waals surface area contributed by atoms with Crippen molar-refractivity contribution in [1.82, 2.24) is 0 Å². The van der Waals surface area contributed by atoms with Gasteiger partial charge in [0.15, 0.2) is 5.78 Å². The van der Waals surface area contributed by atoms with Crippen molar-refractivity contribution < 1.29 is 9.53 Å². The van der Waals surface area contributed by atoms with Crippen LogP contribution in [0.5, 0.6) is 0 Å². The third-order valence-corrected chi connectivity index (χ3v) is 2.15. The molecule has 62 valence electrons. The van der Waals surface area contributed by atoms with Crippen LogP contribution in [0.3, 0.4) is 0 Å². The van der Waals surface area contributed by atoms with Gasteiger partial charge in [-0.05, 0) is 12.3 Å². The van der Waals surface area contributed by atoms with E-state index in [1.165, 1.54) is 0 Å². The van der Waals surface area contributed by atoms with Crippen molar-refractivity contribution in [2.24, 2.45) is 11.8 Å². The van der Waals surface area contributed by atoms with Crippen LogP contribution < -0.4 is 0 Å². The van der Waals surface area contributed by atoms with E-state index in [0.29, 0.717) is 13.2 Å². The van der Waals surface area contributed by atoms with Crippen molar-refractivity contribution in [3.8, 4) is 0 Å². The number of hydrogen-bond acceptors (Lipinski definition) is 3. The predicted octanol–water partition coefficient (Wildman–Crippen LogP) is 0.878. The van der Waals surface area contributed by atoms with Crippen LogP contribution in [0.2, 0.25) is 0 Å². The van der Waals surface area contributed by atoms with Gasteiger partial charge in [-0.15, -0.1) is 0 Å². The van der Waals surface area contributed by atoms with E-state index >= 15 is 0 Å². The van der Waals surface area contributed by atoms with Gasteiger partial charge < -0.3 is 10.1 Å². The third-order valence-electron chi connectivity index (χ3n) is 2.15. The van der Waals surface area contributed by atoms with Gasteiger partial charge >= 0.3 is 0 Å². The Bertz CT molecular complexity index is 167. The molecule has 0 saturated carbocycles. The summed E-state index contributed by atoms with van der Waals surface area (Å²) >= 11 is 0. The zero-order valence-corrected chi connectivity index (χ0v) is 6.67. The van der Waals surface area contributed by atoms with E-state index in [-0.39, 0.29) is 17.6 Å². The van der Waals surface area contributed by atoms with E-state index in [1.807, 2.05) is 6.92 Å². The Morgan fingerprint density at radius 2 is 2.45 bits per heavy atom. The Hall–Kier alpha value is -0.700. The first kappa shape index (κ1) is 8.40. The normalized spacial score (nSPS) is 31.4. The molecule has 2 unspecified atom stereocenters. The van der Waals surface area contributed by atoms with Crippen LogP contribution in [0.4, 0.5) is 0 Å². The average Bonchev–Trinajstić information content (AvgIpc) is 2.04. The molecule has 1 rings (SSSR count). The maximum atomic E-state index is 11.1. The Morgan fingerprint density at radius 1 is 1.73 bits per heavy atom. The van der Waals surface area contributed by atoms with E-state index in [2.05, 4.69) is 0 Å². The molecule has 3 nitrogen and oxygen atoms in total. The van der Waals surface area contributed by atoms with Gasteiger partial charge in [-0.1, -0.05) is 6.92 Å². The molecule has 1 N–H and O–H groups in total. The van der Waals surface area contributed by atoms with E-state index in [0.717, 1.165) is 12.6 Å². The number of ether oxygens (including phenoxy) is 1. The zero-order valence-electron chi connectivity index (χ0n) is 6.67. The molecular weight excluding hydrogens is 142 g/mol. The molecule has 1 heterocycles. The van der Waals surface area contributed by atoms with E-state index in [9.17, 15) is 4.79 Å². The second-order valence-corrected chi connectivity index (χ2v) is 2.99. The predicted molar refractivity (Wildman–Crippen MR) is 41.9 cm³/mol. The van der Waals surface area contributed by atoms with Crippen molar-refractivity contribution in [1.29, 1.82) is 5.41 Å². The SMILES string of the molecule is CC1COCCC1C(=O)C=N. The van der Waals surface area contributed by atoms with Crippen LogP contribution in [-0.4, -0.2) is 25.2 Å². The monoisotopic (exact) mass is 155 g/mol. The number of carbonyl (C=O) groups excluding carboxylic acids is 1. The van der Waals surface area contributed by atoms with Crippen molar-refractivity contribution in [3.63, 3.8) is 0 Å². The van der Waals surface area contributed by atoms with Gasteiger partial charge in [0, 0.05) is 19.1 Å². The fraction of sp³-hybridized carbons (Fsp3) is 0.750. The lowest BCUT2D eigenvalue weighted by molar-refractivity contribution is -0.121.